The second-order valence-electron chi connectivity index (χ2n) is 3.41. The molecule has 1 fully saturated rings. The summed E-state index contributed by atoms with van der Waals surface area (Å²) in [5.74, 6) is 0. The molecule has 1 aliphatic heterocycles. The van der Waals surface area contributed by atoms with Crippen molar-refractivity contribution in [3.63, 3.8) is 0 Å². The van der Waals surface area contributed by atoms with Gasteiger partial charge < -0.3 is 10.2 Å². The van der Waals surface area contributed by atoms with Gasteiger partial charge in [0, 0.05) is 19.1 Å². The Morgan fingerprint density at radius 1 is 1.36 bits per heavy atom. The fourth-order valence-electron chi connectivity index (χ4n) is 1.47. The number of alkyl halides is 3. The first kappa shape index (κ1) is 11.3. The molecule has 0 aliphatic carbocycles. The maximum Gasteiger partial charge on any atom is 0.401 e. The van der Waals surface area contributed by atoms with Crippen LogP contribution in [0.3, 0.4) is 0 Å². The number of piperidine rings is 1. The third-order valence-corrected chi connectivity index (χ3v) is 2.27. The summed E-state index contributed by atoms with van der Waals surface area (Å²) in [5.41, 5.74) is 0. The highest BCUT2D eigenvalue weighted by Gasteiger charge is 2.28. The van der Waals surface area contributed by atoms with E-state index in [1.54, 1.807) is 4.90 Å². The molecule has 0 spiro atoms. The number of amides is 1. The van der Waals surface area contributed by atoms with E-state index < -0.39 is 12.7 Å². The molecule has 0 aromatic carbocycles. The van der Waals surface area contributed by atoms with Gasteiger partial charge in [0.15, 0.2) is 0 Å². The van der Waals surface area contributed by atoms with E-state index in [-0.39, 0.29) is 6.04 Å². The van der Waals surface area contributed by atoms with Crippen molar-refractivity contribution in [1.82, 2.24) is 10.2 Å². The molecule has 0 atom stereocenters. The zero-order valence-electron chi connectivity index (χ0n) is 7.68. The van der Waals surface area contributed by atoms with Gasteiger partial charge >= 0.3 is 6.18 Å². The summed E-state index contributed by atoms with van der Waals surface area (Å²) in [6.45, 7) is 0.136. The lowest BCUT2D eigenvalue weighted by molar-refractivity contribution is -0.128. The lowest BCUT2D eigenvalue weighted by Gasteiger charge is -2.30. The second kappa shape index (κ2) is 4.63. The molecule has 0 radical (unpaired) electrons. The van der Waals surface area contributed by atoms with E-state index in [1.165, 1.54) is 0 Å². The molecule has 1 amide bonds. The molecule has 1 heterocycles. The van der Waals surface area contributed by atoms with Crippen LogP contribution in [0.15, 0.2) is 0 Å². The van der Waals surface area contributed by atoms with Crippen molar-refractivity contribution in [3.8, 4) is 0 Å². The zero-order chi connectivity index (χ0) is 10.6. The van der Waals surface area contributed by atoms with Gasteiger partial charge in [-0.1, -0.05) is 0 Å². The molecule has 1 N–H and O–H groups in total. The lowest BCUT2D eigenvalue weighted by Crippen LogP contribution is -2.44. The van der Waals surface area contributed by atoms with Gasteiger partial charge in [-0.2, -0.15) is 13.2 Å². The van der Waals surface area contributed by atoms with Crippen LogP contribution < -0.4 is 5.32 Å². The SMILES string of the molecule is O=CN1CCC(NCC(F)(F)F)CC1. The quantitative estimate of drug-likeness (QED) is 0.697. The summed E-state index contributed by atoms with van der Waals surface area (Å²) >= 11 is 0. The fraction of sp³-hybridized carbons (Fsp3) is 0.875. The maximum atomic E-state index is 11.8. The largest absolute Gasteiger partial charge is 0.401 e. The number of rotatable bonds is 3. The van der Waals surface area contributed by atoms with Crippen LogP contribution in [0.1, 0.15) is 12.8 Å². The number of nitrogens with one attached hydrogen (secondary N) is 1. The van der Waals surface area contributed by atoms with Crippen molar-refractivity contribution in [2.45, 2.75) is 25.1 Å². The smallest absolute Gasteiger partial charge is 0.345 e. The van der Waals surface area contributed by atoms with Gasteiger partial charge in [0.1, 0.15) is 0 Å². The summed E-state index contributed by atoms with van der Waals surface area (Å²) in [6, 6.07) is -0.118. The molecule has 0 saturated carbocycles. The van der Waals surface area contributed by atoms with Gasteiger partial charge in [0.05, 0.1) is 6.54 Å². The van der Waals surface area contributed by atoms with E-state index in [1.807, 2.05) is 0 Å². The van der Waals surface area contributed by atoms with Crippen LogP contribution >= 0.6 is 0 Å². The second-order valence-corrected chi connectivity index (χ2v) is 3.41. The molecule has 1 rings (SSSR count). The van der Waals surface area contributed by atoms with Crippen molar-refractivity contribution in [2.75, 3.05) is 19.6 Å². The third kappa shape index (κ3) is 3.95. The molecule has 0 unspecified atom stereocenters. The van der Waals surface area contributed by atoms with Crippen LogP contribution in [0.25, 0.3) is 0 Å². The predicted octanol–water partition coefficient (Wildman–Crippen LogP) is 0.759. The fourth-order valence-corrected chi connectivity index (χ4v) is 1.47. The third-order valence-electron chi connectivity index (χ3n) is 2.27. The molecule has 6 heteroatoms. The first-order valence-electron chi connectivity index (χ1n) is 4.51. The van der Waals surface area contributed by atoms with Crippen LogP contribution in [-0.4, -0.2) is 43.2 Å². The number of hydrogen-bond acceptors (Lipinski definition) is 2. The number of halogens is 3. The van der Waals surface area contributed by atoms with Crippen LogP contribution in [0, 0.1) is 0 Å². The van der Waals surface area contributed by atoms with Gasteiger partial charge in [-0.05, 0) is 12.8 Å². The first-order chi connectivity index (χ1) is 6.51. The summed E-state index contributed by atoms with van der Waals surface area (Å²) in [7, 11) is 0. The van der Waals surface area contributed by atoms with Crippen LogP contribution in [-0.2, 0) is 4.79 Å². The number of likely N-dealkylation sites (tertiary alicyclic amines) is 1. The Morgan fingerprint density at radius 3 is 2.36 bits per heavy atom. The Balaban J connectivity index is 2.19. The maximum absolute atomic E-state index is 11.8. The van der Waals surface area contributed by atoms with E-state index in [2.05, 4.69) is 5.32 Å². The molecule has 1 saturated heterocycles. The highest BCUT2D eigenvalue weighted by Crippen LogP contribution is 2.15. The molecule has 3 nitrogen and oxygen atoms in total. The molecular formula is C8H13F3N2O. The Hall–Kier alpha value is -0.780. The molecule has 0 aromatic rings. The van der Waals surface area contributed by atoms with Crippen molar-refractivity contribution in [3.05, 3.63) is 0 Å². The van der Waals surface area contributed by atoms with Gasteiger partial charge in [-0.3, -0.25) is 4.79 Å². The molecule has 0 aromatic heterocycles. The van der Waals surface area contributed by atoms with Crippen LogP contribution in [0.5, 0.6) is 0 Å². The minimum atomic E-state index is -4.15. The van der Waals surface area contributed by atoms with Crippen molar-refractivity contribution in [2.24, 2.45) is 0 Å². The monoisotopic (exact) mass is 210 g/mol. The first-order valence-corrected chi connectivity index (χ1v) is 4.51. The Bertz CT molecular complexity index is 188. The van der Waals surface area contributed by atoms with Crippen LogP contribution in [0.2, 0.25) is 0 Å². The topological polar surface area (TPSA) is 32.3 Å². The highest BCUT2D eigenvalue weighted by atomic mass is 19.4. The van der Waals surface area contributed by atoms with Gasteiger partial charge in [-0.15, -0.1) is 0 Å². The summed E-state index contributed by atoms with van der Waals surface area (Å²) in [5, 5.41) is 2.44. The molecule has 1 aliphatic rings. The van der Waals surface area contributed by atoms with E-state index in [4.69, 9.17) is 0 Å². The average molecular weight is 210 g/mol. The van der Waals surface area contributed by atoms with Gasteiger partial charge in [-0.25, -0.2) is 0 Å². The minimum absolute atomic E-state index is 0.118. The summed E-state index contributed by atoms with van der Waals surface area (Å²) < 4.78 is 35.5. The summed E-state index contributed by atoms with van der Waals surface area (Å²) in [6.07, 6.45) is -2.23. The van der Waals surface area contributed by atoms with E-state index >= 15 is 0 Å². The van der Waals surface area contributed by atoms with Crippen molar-refractivity contribution >= 4 is 6.41 Å². The van der Waals surface area contributed by atoms with E-state index in [0.29, 0.717) is 25.9 Å². The standard InChI is InChI=1S/C8H13F3N2O/c9-8(10,11)5-12-7-1-3-13(6-14)4-2-7/h6-7,12H,1-5H2. The average Bonchev–Trinajstić information content (AvgIpc) is 2.14. The van der Waals surface area contributed by atoms with Gasteiger partial charge in [0.2, 0.25) is 6.41 Å². The van der Waals surface area contributed by atoms with Crippen molar-refractivity contribution < 1.29 is 18.0 Å². The number of carbonyl (C=O) groups is 1. The molecule has 82 valence electrons. The van der Waals surface area contributed by atoms with Gasteiger partial charge in [0.25, 0.3) is 0 Å². The lowest BCUT2D eigenvalue weighted by atomic mass is 10.1. The number of carbonyl (C=O) groups excluding carboxylic acids is 1. The Labute approximate surface area is 80.3 Å². The minimum Gasteiger partial charge on any atom is -0.345 e. The zero-order valence-corrected chi connectivity index (χ0v) is 7.68. The number of nitrogens with zero attached hydrogens (tertiary/aromatic N) is 1. The van der Waals surface area contributed by atoms with Crippen molar-refractivity contribution in [1.29, 1.82) is 0 Å². The molecule has 14 heavy (non-hydrogen) atoms. The number of hydrogen-bond donors (Lipinski definition) is 1. The highest BCUT2D eigenvalue weighted by molar-refractivity contribution is 5.47. The Kier molecular flexibility index (Phi) is 3.74. The normalized spacial score (nSPS) is 19.8. The molecule has 0 bridgehead atoms. The van der Waals surface area contributed by atoms with E-state index in [0.717, 1.165) is 6.41 Å². The van der Waals surface area contributed by atoms with E-state index in [9.17, 15) is 18.0 Å². The molecular weight excluding hydrogens is 197 g/mol. The Morgan fingerprint density at radius 2 is 1.93 bits per heavy atom. The summed E-state index contributed by atoms with van der Waals surface area (Å²) in [4.78, 5) is 11.9. The van der Waals surface area contributed by atoms with Crippen LogP contribution in [0.4, 0.5) is 13.2 Å². The predicted molar refractivity (Wildman–Crippen MR) is 44.7 cm³/mol.